The van der Waals surface area contributed by atoms with Crippen LogP contribution in [0.25, 0.3) is 0 Å². The Balaban J connectivity index is -0.000000656. The SMILES string of the molecule is CC.CC.CC(=O)NC(CCC(=O)O)C(=O)NCCN. The summed E-state index contributed by atoms with van der Waals surface area (Å²) in [5.41, 5.74) is 5.20. The van der Waals surface area contributed by atoms with Crippen LogP contribution in [0.1, 0.15) is 47.5 Å². The van der Waals surface area contributed by atoms with Gasteiger partial charge in [0.15, 0.2) is 0 Å². The maximum absolute atomic E-state index is 11.5. The molecular weight excluding hydrogens is 262 g/mol. The number of carbonyl (C=O) groups excluding carboxylic acids is 2. The highest BCUT2D eigenvalue weighted by Gasteiger charge is 2.19. The fourth-order valence-corrected chi connectivity index (χ4v) is 1.10. The summed E-state index contributed by atoms with van der Waals surface area (Å²) in [6.07, 6.45) is -0.119. The van der Waals surface area contributed by atoms with Crippen molar-refractivity contribution in [2.45, 2.75) is 53.5 Å². The third kappa shape index (κ3) is 16.4. The number of carbonyl (C=O) groups is 3. The number of carboxylic acids is 1. The molecule has 0 aromatic heterocycles. The highest BCUT2D eigenvalue weighted by Crippen LogP contribution is 1.98. The Morgan fingerprint density at radius 3 is 2.00 bits per heavy atom. The van der Waals surface area contributed by atoms with Crippen LogP contribution in [0.3, 0.4) is 0 Å². The highest BCUT2D eigenvalue weighted by atomic mass is 16.4. The second-order valence-corrected chi connectivity index (χ2v) is 3.27. The molecule has 0 aliphatic carbocycles. The van der Waals surface area contributed by atoms with E-state index in [2.05, 4.69) is 10.6 Å². The first-order valence-corrected chi connectivity index (χ1v) is 6.94. The lowest BCUT2D eigenvalue weighted by atomic mass is 10.1. The van der Waals surface area contributed by atoms with Gasteiger partial charge in [-0.3, -0.25) is 14.4 Å². The summed E-state index contributed by atoms with van der Waals surface area (Å²) in [4.78, 5) is 32.7. The number of amides is 2. The van der Waals surface area contributed by atoms with Gasteiger partial charge >= 0.3 is 5.97 Å². The Morgan fingerprint density at radius 2 is 1.65 bits per heavy atom. The molecule has 0 fully saturated rings. The Labute approximate surface area is 121 Å². The van der Waals surface area contributed by atoms with E-state index in [1.807, 2.05) is 27.7 Å². The first-order chi connectivity index (χ1) is 9.47. The Morgan fingerprint density at radius 1 is 1.15 bits per heavy atom. The zero-order chi connectivity index (χ0) is 16.6. The maximum Gasteiger partial charge on any atom is 0.303 e. The molecule has 0 spiro atoms. The zero-order valence-corrected chi connectivity index (χ0v) is 13.2. The highest BCUT2D eigenvalue weighted by molar-refractivity contribution is 5.87. The molecule has 0 bridgehead atoms. The van der Waals surface area contributed by atoms with E-state index < -0.39 is 17.9 Å². The summed E-state index contributed by atoms with van der Waals surface area (Å²) in [7, 11) is 0. The molecule has 1 unspecified atom stereocenters. The molecule has 0 saturated carbocycles. The minimum atomic E-state index is -1.01. The number of carboxylic acid groups (broad SMARTS) is 1. The second kappa shape index (κ2) is 17.4. The fraction of sp³-hybridized carbons (Fsp3) is 0.769. The van der Waals surface area contributed by atoms with Crippen LogP contribution in [0.4, 0.5) is 0 Å². The van der Waals surface area contributed by atoms with E-state index >= 15 is 0 Å². The smallest absolute Gasteiger partial charge is 0.303 e. The van der Waals surface area contributed by atoms with Crippen LogP contribution in [0.15, 0.2) is 0 Å². The number of rotatable bonds is 7. The van der Waals surface area contributed by atoms with Crippen LogP contribution in [-0.4, -0.2) is 42.0 Å². The summed E-state index contributed by atoms with van der Waals surface area (Å²) in [5, 5.41) is 13.4. The predicted molar refractivity (Wildman–Crippen MR) is 79.2 cm³/mol. The van der Waals surface area contributed by atoms with Gasteiger partial charge < -0.3 is 21.5 Å². The first kappa shape index (κ1) is 23.5. The average molecular weight is 291 g/mol. The van der Waals surface area contributed by atoms with Crippen LogP contribution < -0.4 is 16.4 Å². The van der Waals surface area contributed by atoms with Gasteiger partial charge in [-0.25, -0.2) is 0 Å². The van der Waals surface area contributed by atoms with Crippen LogP contribution in [0, 0.1) is 0 Å². The van der Waals surface area contributed by atoms with Gasteiger partial charge in [0.2, 0.25) is 11.8 Å². The summed E-state index contributed by atoms with van der Waals surface area (Å²) in [6, 6.07) is -0.819. The quantitative estimate of drug-likeness (QED) is 0.543. The molecule has 0 rings (SSSR count). The van der Waals surface area contributed by atoms with Crippen molar-refractivity contribution >= 4 is 17.8 Å². The van der Waals surface area contributed by atoms with Gasteiger partial charge in [-0.1, -0.05) is 27.7 Å². The molecule has 20 heavy (non-hydrogen) atoms. The van der Waals surface area contributed by atoms with Crippen molar-refractivity contribution in [1.82, 2.24) is 10.6 Å². The fourth-order valence-electron chi connectivity index (χ4n) is 1.10. The average Bonchev–Trinajstić information content (AvgIpc) is 2.44. The van der Waals surface area contributed by atoms with Crippen LogP contribution in [-0.2, 0) is 14.4 Å². The minimum Gasteiger partial charge on any atom is -0.481 e. The van der Waals surface area contributed by atoms with Crippen molar-refractivity contribution in [2.75, 3.05) is 13.1 Å². The van der Waals surface area contributed by atoms with E-state index in [0.717, 1.165) is 0 Å². The molecule has 2 amide bonds. The lowest BCUT2D eigenvalue weighted by Gasteiger charge is -2.16. The van der Waals surface area contributed by atoms with E-state index in [1.165, 1.54) is 6.92 Å². The van der Waals surface area contributed by atoms with E-state index in [4.69, 9.17) is 10.8 Å². The third-order valence-electron chi connectivity index (χ3n) is 1.78. The molecule has 0 radical (unpaired) electrons. The van der Waals surface area contributed by atoms with Crippen molar-refractivity contribution in [2.24, 2.45) is 5.73 Å². The third-order valence-corrected chi connectivity index (χ3v) is 1.78. The summed E-state index contributed by atoms with van der Waals surface area (Å²) < 4.78 is 0. The first-order valence-electron chi connectivity index (χ1n) is 6.94. The van der Waals surface area contributed by atoms with Gasteiger partial charge in [0.25, 0.3) is 0 Å². The van der Waals surface area contributed by atoms with Crippen molar-refractivity contribution in [1.29, 1.82) is 0 Å². The normalized spacial score (nSPS) is 9.90. The molecule has 1 atom stereocenters. The van der Waals surface area contributed by atoms with Gasteiger partial charge in [0.05, 0.1) is 0 Å². The Hall–Kier alpha value is -1.63. The minimum absolute atomic E-state index is 0.0608. The molecule has 0 heterocycles. The molecule has 7 heteroatoms. The van der Waals surface area contributed by atoms with Crippen molar-refractivity contribution in [3.63, 3.8) is 0 Å². The molecule has 0 aromatic rings. The standard InChI is InChI=1S/C9H17N3O4.2C2H6/c1-6(13)12-7(2-3-8(14)15)9(16)11-5-4-10;2*1-2/h7H,2-5,10H2,1H3,(H,11,16)(H,12,13)(H,14,15);2*1-2H3. The molecule has 0 saturated heterocycles. The van der Waals surface area contributed by atoms with E-state index in [9.17, 15) is 14.4 Å². The van der Waals surface area contributed by atoms with Crippen molar-refractivity contribution < 1.29 is 19.5 Å². The number of nitrogens with one attached hydrogen (secondary N) is 2. The number of hydrogen-bond acceptors (Lipinski definition) is 4. The Bertz CT molecular complexity index is 270. The van der Waals surface area contributed by atoms with Gasteiger partial charge in [-0.05, 0) is 6.42 Å². The molecule has 5 N–H and O–H groups in total. The van der Waals surface area contributed by atoms with Crippen LogP contribution in [0.5, 0.6) is 0 Å². The number of nitrogens with two attached hydrogens (primary N) is 1. The summed E-state index contributed by atoms with van der Waals surface area (Å²) >= 11 is 0. The van der Waals surface area contributed by atoms with Crippen molar-refractivity contribution in [3.05, 3.63) is 0 Å². The molecule has 7 nitrogen and oxygen atoms in total. The van der Waals surface area contributed by atoms with Crippen molar-refractivity contribution in [3.8, 4) is 0 Å². The van der Waals surface area contributed by atoms with Gasteiger partial charge in [0, 0.05) is 26.4 Å². The van der Waals surface area contributed by atoms with E-state index in [0.29, 0.717) is 6.54 Å². The summed E-state index contributed by atoms with van der Waals surface area (Å²) in [5.74, 6) is -1.80. The summed E-state index contributed by atoms with van der Waals surface area (Å²) in [6.45, 7) is 9.85. The maximum atomic E-state index is 11.5. The molecule has 0 aliphatic heterocycles. The molecular formula is C13H29N3O4. The number of hydrogen-bond donors (Lipinski definition) is 4. The van der Waals surface area contributed by atoms with Crippen LogP contribution in [0.2, 0.25) is 0 Å². The zero-order valence-electron chi connectivity index (χ0n) is 13.2. The largest absolute Gasteiger partial charge is 0.481 e. The van der Waals surface area contributed by atoms with Gasteiger partial charge in [0.1, 0.15) is 6.04 Å². The monoisotopic (exact) mass is 291 g/mol. The topological polar surface area (TPSA) is 122 Å². The molecule has 120 valence electrons. The van der Waals surface area contributed by atoms with E-state index in [1.54, 1.807) is 0 Å². The lowest BCUT2D eigenvalue weighted by molar-refractivity contribution is -0.137. The van der Waals surface area contributed by atoms with Gasteiger partial charge in [-0.2, -0.15) is 0 Å². The predicted octanol–water partition coefficient (Wildman–Crippen LogP) is 0.483. The lowest BCUT2D eigenvalue weighted by Crippen LogP contribution is -2.47. The van der Waals surface area contributed by atoms with Crippen LogP contribution >= 0.6 is 0 Å². The number of aliphatic carboxylic acids is 1. The molecule has 0 aliphatic rings. The second-order valence-electron chi connectivity index (χ2n) is 3.27. The Kier molecular flexibility index (Phi) is 20.4. The van der Waals surface area contributed by atoms with E-state index in [-0.39, 0.29) is 25.3 Å². The molecule has 0 aromatic carbocycles. The van der Waals surface area contributed by atoms with Gasteiger partial charge in [-0.15, -0.1) is 0 Å².